The lowest BCUT2D eigenvalue weighted by molar-refractivity contribution is -0.118. The van der Waals surface area contributed by atoms with Crippen molar-refractivity contribution in [2.75, 3.05) is 6.54 Å². The Labute approximate surface area is 97.8 Å². The average molecular weight is 220 g/mol. The second-order valence-corrected chi connectivity index (χ2v) is 3.97. The topological polar surface area (TPSA) is 52.9 Å². The first-order valence-corrected chi connectivity index (χ1v) is 5.59. The van der Waals surface area contributed by atoms with E-state index in [9.17, 15) is 4.79 Å². The van der Waals surface area contributed by atoms with Gasteiger partial charge >= 0.3 is 0 Å². The fraction of sp³-hybridized carbons (Fsp3) is 0.538. The standard InChI is InChI=1S/C13H20N2O/c1-5-6-12(9-14)7-8-15-11(4)13(16)10(2)3/h7,10,15H,4-6,8H2,1-3H3. The molecule has 0 unspecified atom stereocenters. The molecular weight excluding hydrogens is 200 g/mol. The van der Waals surface area contributed by atoms with Crippen LogP contribution in [0.15, 0.2) is 23.9 Å². The molecule has 0 aliphatic heterocycles. The maximum Gasteiger partial charge on any atom is 0.180 e. The summed E-state index contributed by atoms with van der Waals surface area (Å²) in [7, 11) is 0. The van der Waals surface area contributed by atoms with Crippen LogP contribution in [0, 0.1) is 17.2 Å². The molecule has 0 saturated carbocycles. The van der Waals surface area contributed by atoms with Crippen LogP contribution in [0.1, 0.15) is 33.6 Å². The fourth-order valence-electron chi connectivity index (χ4n) is 1.21. The molecule has 0 aromatic rings. The van der Waals surface area contributed by atoms with E-state index in [1.165, 1.54) is 0 Å². The molecule has 0 aliphatic rings. The van der Waals surface area contributed by atoms with Gasteiger partial charge < -0.3 is 5.32 Å². The molecule has 0 spiro atoms. The maximum absolute atomic E-state index is 11.5. The molecule has 88 valence electrons. The van der Waals surface area contributed by atoms with Crippen molar-refractivity contribution >= 4 is 5.78 Å². The highest BCUT2D eigenvalue weighted by Gasteiger charge is 2.10. The van der Waals surface area contributed by atoms with Crippen molar-refractivity contribution in [3.05, 3.63) is 23.9 Å². The van der Waals surface area contributed by atoms with Crippen molar-refractivity contribution < 1.29 is 4.79 Å². The number of nitriles is 1. The van der Waals surface area contributed by atoms with E-state index < -0.39 is 0 Å². The van der Waals surface area contributed by atoms with E-state index in [-0.39, 0.29) is 11.7 Å². The normalized spacial score (nSPS) is 11.1. The first-order valence-electron chi connectivity index (χ1n) is 5.59. The predicted molar refractivity (Wildman–Crippen MR) is 65.6 cm³/mol. The van der Waals surface area contributed by atoms with Crippen molar-refractivity contribution in [2.24, 2.45) is 5.92 Å². The zero-order valence-corrected chi connectivity index (χ0v) is 10.3. The predicted octanol–water partition coefficient (Wildman–Crippen LogP) is 2.56. The molecule has 0 aromatic heterocycles. The highest BCUT2D eigenvalue weighted by Crippen LogP contribution is 2.03. The van der Waals surface area contributed by atoms with E-state index in [4.69, 9.17) is 5.26 Å². The smallest absolute Gasteiger partial charge is 0.180 e. The lowest BCUT2D eigenvalue weighted by atomic mass is 10.1. The highest BCUT2D eigenvalue weighted by molar-refractivity contribution is 5.95. The Balaban J connectivity index is 4.12. The number of hydrogen-bond donors (Lipinski definition) is 1. The number of nitrogens with one attached hydrogen (secondary N) is 1. The summed E-state index contributed by atoms with van der Waals surface area (Å²) in [6.07, 6.45) is 3.54. The molecule has 0 fully saturated rings. The number of carbonyl (C=O) groups excluding carboxylic acids is 1. The molecule has 3 heteroatoms. The van der Waals surface area contributed by atoms with E-state index in [1.807, 2.05) is 26.8 Å². The van der Waals surface area contributed by atoms with Crippen LogP contribution < -0.4 is 5.32 Å². The Morgan fingerprint density at radius 2 is 2.19 bits per heavy atom. The van der Waals surface area contributed by atoms with E-state index >= 15 is 0 Å². The largest absolute Gasteiger partial charge is 0.379 e. The highest BCUT2D eigenvalue weighted by atomic mass is 16.1. The van der Waals surface area contributed by atoms with E-state index in [2.05, 4.69) is 18.0 Å². The zero-order valence-electron chi connectivity index (χ0n) is 10.3. The van der Waals surface area contributed by atoms with Gasteiger partial charge in [-0.3, -0.25) is 4.79 Å². The molecule has 0 radical (unpaired) electrons. The zero-order chi connectivity index (χ0) is 12.6. The minimum absolute atomic E-state index is 0.0161. The third kappa shape index (κ3) is 5.35. The van der Waals surface area contributed by atoms with Gasteiger partial charge in [0, 0.05) is 18.0 Å². The Kier molecular flexibility index (Phi) is 6.95. The Hall–Kier alpha value is -1.56. The van der Waals surface area contributed by atoms with Gasteiger partial charge in [0.15, 0.2) is 5.78 Å². The number of allylic oxidation sites excluding steroid dienone is 2. The summed E-state index contributed by atoms with van der Waals surface area (Å²) in [5, 5.41) is 11.7. The minimum atomic E-state index is -0.0462. The van der Waals surface area contributed by atoms with Gasteiger partial charge in [-0.25, -0.2) is 0 Å². The van der Waals surface area contributed by atoms with Crippen LogP contribution >= 0.6 is 0 Å². The molecule has 3 nitrogen and oxygen atoms in total. The molecular formula is C13H20N2O. The number of ketones is 1. The summed E-state index contributed by atoms with van der Waals surface area (Å²) in [6, 6.07) is 2.14. The molecule has 0 aliphatic carbocycles. The van der Waals surface area contributed by atoms with Crippen LogP contribution in [-0.4, -0.2) is 12.3 Å². The van der Waals surface area contributed by atoms with Gasteiger partial charge in [-0.05, 0) is 6.42 Å². The number of carbonyl (C=O) groups is 1. The van der Waals surface area contributed by atoms with Crippen molar-refractivity contribution in [1.29, 1.82) is 5.26 Å². The van der Waals surface area contributed by atoms with Crippen molar-refractivity contribution in [3.63, 3.8) is 0 Å². The quantitative estimate of drug-likeness (QED) is 0.530. The van der Waals surface area contributed by atoms with Gasteiger partial charge in [0.25, 0.3) is 0 Å². The van der Waals surface area contributed by atoms with Crippen molar-refractivity contribution in [3.8, 4) is 6.07 Å². The molecule has 0 aromatic carbocycles. The molecule has 0 bridgehead atoms. The van der Waals surface area contributed by atoms with Gasteiger partial charge in [-0.2, -0.15) is 5.26 Å². The first kappa shape index (κ1) is 14.4. The average Bonchev–Trinajstić information content (AvgIpc) is 2.26. The van der Waals surface area contributed by atoms with Crippen LogP contribution in [0.25, 0.3) is 0 Å². The maximum atomic E-state index is 11.5. The van der Waals surface area contributed by atoms with Crippen LogP contribution in [0.3, 0.4) is 0 Å². The molecule has 0 atom stereocenters. The van der Waals surface area contributed by atoms with Crippen molar-refractivity contribution in [1.82, 2.24) is 5.32 Å². The Bertz CT molecular complexity index is 321. The summed E-state index contributed by atoms with van der Waals surface area (Å²) < 4.78 is 0. The number of Topliss-reactive ketones (excluding diaryl/α,β-unsaturated/α-hetero) is 1. The molecule has 0 heterocycles. The summed E-state index contributed by atoms with van der Waals surface area (Å²) in [4.78, 5) is 11.5. The third-order valence-electron chi connectivity index (χ3n) is 2.15. The number of rotatable bonds is 7. The SMILES string of the molecule is C=C(NCC=C(C#N)CCC)C(=O)C(C)C. The summed E-state index contributed by atoms with van der Waals surface area (Å²) in [5.74, 6) is -0.0301. The van der Waals surface area contributed by atoms with E-state index in [1.54, 1.807) is 0 Å². The van der Waals surface area contributed by atoms with Gasteiger partial charge in [0.05, 0.1) is 11.8 Å². The minimum Gasteiger partial charge on any atom is -0.379 e. The van der Waals surface area contributed by atoms with Crippen LogP contribution in [0.4, 0.5) is 0 Å². The van der Waals surface area contributed by atoms with Crippen molar-refractivity contribution in [2.45, 2.75) is 33.6 Å². The first-order chi connectivity index (χ1) is 7.52. The molecule has 16 heavy (non-hydrogen) atoms. The Morgan fingerprint density at radius 1 is 1.56 bits per heavy atom. The summed E-state index contributed by atoms with van der Waals surface area (Å²) in [5.41, 5.74) is 1.17. The third-order valence-corrected chi connectivity index (χ3v) is 2.15. The van der Waals surface area contributed by atoms with E-state index in [0.717, 1.165) is 18.4 Å². The molecule has 0 rings (SSSR count). The lowest BCUT2D eigenvalue weighted by Crippen LogP contribution is -2.23. The summed E-state index contributed by atoms with van der Waals surface area (Å²) >= 11 is 0. The summed E-state index contributed by atoms with van der Waals surface area (Å²) in [6.45, 7) is 9.86. The lowest BCUT2D eigenvalue weighted by Gasteiger charge is -2.08. The number of hydrogen-bond acceptors (Lipinski definition) is 3. The van der Waals surface area contributed by atoms with Crippen LogP contribution in [0.2, 0.25) is 0 Å². The second-order valence-electron chi connectivity index (χ2n) is 3.97. The van der Waals surface area contributed by atoms with Gasteiger partial charge in [0.1, 0.15) is 0 Å². The molecule has 0 amide bonds. The van der Waals surface area contributed by atoms with Crippen LogP contribution in [-0.2, 0) is 4.79 Å². The van der Waals surface area contributed by atoms with Gasteiger partial charge in [-0.15, -0.1) is 0 Å². The van der Waals surface area contributed by atoms with Crippen LogP contribution in [0.5, 0.6) is 0 Å². The Morgan fingerprint density at radius 3 is 2.62 bits per heavy atom. The van der Waals surface area contributed by atoms with Gasteiger partial charge in [-0.1, -0.05) is 39.8 Å². The molecule has 1 N–H and O–H groups in total. The van der Waals surface area contributed by atoms with Gasteiger partial charge in [0.2, 0.25) is 0 Å². The van der Waals surface area contributed by atoms with E-state index in [0.29, 0.717) is 12.2 Å². The fourth-order valence-corrected chi connectivity index (χ4v) is 1.21. The second kappa shape index (κ2) is 7.70. The molecule has 0 saturated heterocycles. The number of nitrogens with zero attached hydrogens (tertiary/aromatic N) is 1. The monoisotopic (exact) mass is 220 g/mol.